The zero-order valence-electron chi connectivity index (χ0n) is 11.1. The number of hydrogen-bond acceptors (Lipinski definition) is 3. The predicted molar refractivity (Wildman–Crippen MR) is 66.2 cm³/mol. The Labute approximate surface area is 99.4 Å². The van der Waals surface area contributed by atoms with E-state index in [1.165, 1.54) is 0 Å². The Morgan fingerprint density at radius 1 is 1.44 bits per heavy atom. The zero-order chi connectivity index (χ0) is 12.4. The minimum Gasteiger partial charge on any atom is -0.388 e. The van der Waals surface area contributed by atoms with E-state index in [4.69, 9.17) is 10.5 Å². The van der Waals surface area contributed by atoms with Gasteiger partial charge in [0.1, 0.15) is 0 Å². The minimum atomic E-state index is -0.711. The summed E-state index contributed by atoms with van der Waals surface area (Å²) >= 11 is 0. The molecule has 3 N–H and O–H groups in total. The van der Waals surface area contributed by atoms with E-state index in [-0.39, 0.29) is 6.04 Å². The second-order valence-electron chi connectivity index (χ2n) is 6.29. The van der Waals surface area contributed by atoms with Gasteiger partial charge in [-0.3, -0.25) is 0 Å². The first kappa shape index (κ1) is 13.9. The van der Waals surface area contributed by atoms with E-state index >= 15 is 0 Å². The Kier molecular flexibility index (Phi) is 4.38. The van der Waals surface area contributed by atoms with Gasteiger partial charge in [0.15, 0.2) is 0 Å². The summed E-state index contributed by atoms with van der Waals surface area (Å²) < 4.78 is 5.04. The van der Waals surface area contributed by atoms with Crippen LogP contribution in [-0.2, 0) is 4.74 Å². The van der Waals surface area contributed by atoms with Crippen molar-refractivity contribution in [2.24, 2.45) is 17.1 Å². The van der Waals surface area contributed by atoms with E-state index in [0.29, 0.717) is 24.4 Å². The Morgan fingerprint density at radius 2 is 2.06 bits per heavy atom. The van der Waals surface area contributed by atoms with E-state index in [1.807, 2.05) is 0 Å². The van der Waals surface area contributed by atoms with Crippen LogP contribution in [-0.4, -0.2) is 30.5 Å². The summed E-state index contributed by atoms with van der Waals surface area (Å²) in [5.74, 6) is 0.616. The molecule has 1 aliphatic carbocycles. The van der Waals surface area contributed by atoms with Crippen LogP contribution in [0, 0.1) is 11.3 Å². The van der Waals surface area contributed by atoms with Gasteiger partial charge in [0.05, 0.1) is 5.60 Å². The molecule has 0 radical (unpaired) electrons. The van der Waals surface area contributed by atoms with Crippen LogP contribution >= 0.6 is 0 Å². The molecule has 3 unspecified atom stereocenters. The van der Waals surface area contributed by atoms with Gasteiger partial charge in [-0.15, -0.1) is 0 Å². The molecule has 16 heavy (non-hydrogen) atoms. The van der Waals surface area contributed by atoms with E-state index in [0.717, 1.165) is 19.3 Å². The van der Waals surface area contributed by atoms with Crippen LogP contribution in [0.25, 0.3) is 0 Å². The molecule has 0 amide bonds. The van der Waals surface area contributed by atoms with E-state index < -0.39 is 5.60 Å². The van der Waals surface area contributed by atoms with Gasteiger partial charge in [0.2, 0.25) is 0 Å². The fourth-order valence-electron chi connectivity index (χ4n) is 2.63. The molecule has 0 aliphatic heterocycles. The number of aliphatic hydroxyl groups is 1. The second kappa shape index (κ2) is 5.03. The number of methoxy groups -OCH3 is 1. The second-order valence-corrected chi connectivity index (χ2v) is 6.29. The zero-order valence-corrected chi connectivity index (χ0v) is 11.1. The van der Waals surface area contributed by atoms with Gasteiger partial charge in [-0.2, -0.15) is 0 Å². The molecule has 0 heterocycles. The number of hydrogen-bond donors (Lipinski definition) is 2. The predicted octanol–water partition coefficient (Wildman–Crippen LogP) is 1.93. The number of nitrogens with two attached hydrogens (primary N) is 1. The highest BCUT2D eigenvalue weighted by Gasteiger charge is 2.42. The largest absolute Gasteiger partial charge is 0.388 e. The van der Waals surface area contributed by atoms with Crippen LogP contribution < -0.4 is 5.73 Å². The highest BCUT2D eigenvalue weighted by molar-refractivity contribution is 4.97. The van der Waals surface area contributed by atoms with Crippen LogP contribution in [0.5, 0.6) is 0 Å². The first-order chi connectivity index (χ1) is 7.29. The van der Waals surface area contributed by atoms with Crippen LogP contribution in [0.3, 0.4) is 0 Å². The third kappa shape index (κ3) is 3.19. The molecule has 0 bridgehead atoms. The lowest BCUT2D eigenvalue weighted by Gasteiger charge is -2.45. The Hall–Kier alpha value is -0.120. The van der Waals surface area contributed by atoms with Crippen molar-refractivity contribution in [1.29, 1.82) is 0 Å². The average Bonchev–Trinajstić information content (AvgIpc) is 2.18. The van der Waals surface area contributed by atoms with Crippen LogP contribution in [0.2, 0.25) is 0 Å². The fourth-order valence-corrected chi connectivity index (χ4v) is 2.63. The lowest BCUT2D eigenvalue weighted by Crippen LogP contribution is -2.54. The van der Waals surface area contributed by atoms with Crippen molar-refractivity contribution in [3.8, 4) is 0 Å². The minimum absolute atomic E-state index is 0.111. The summed E-state index contributed by atoms with van der Waals surface area (Å²) in [6.45, 7) is 7.35. The molecule has 0 spiro atoms. The molecule has 0 saturated heterocycles. The van der Waals surface area contributed by atoms with Crippen LogP contribution in [0.1, 0.15) is 46.5 Å². The summed E-state index contributed by atoms with van der Waals surface area (Å²) in [6, 6.07) is -0.111. The lowest BCUT2D eigenvalue weighted by molar-refractivity contribution is -0.0601. The normalized spacial score (nSPS) is 36.4. The van der Waals surface area contributed by atoms with Crippen molar-refractivity contribution in [2.75, 3.05) is 13.7 Å². The van der Waals surface area contributed by atoms with Gasteiger partial charge >= 0.3 is 0 Å². The van der Waals surface area contributed by atoms with Gasteiger partial charge in [-0.1, -0.05) is 20.8 Å². The summed E-state index contributed by atoms with van der Waals surface area (Å²) in [6.07, 6.45) is 3.45. The lowest BCUT2D eigenvalue weighted by atomic mass is 9.66. The molecule has 3 nitrogen and oxygen atoms in total. The standard InChI is InChI=1S/C13H27NO2/c1-12(2,3)10-5-6-13(15,7-8-16-4)11(14)9-10/h10-11,15H,5-9,14H2,1-4H3. The molecule has 3 atom stereocenters. The highest BCUT2D eigenvalue weighted by Crippen LogP contribution is 2.41. The van der Waals surface area contributed by atoms with Crippen LogP contribution in [0.4, 0.5) is 0 Å². The molecular formula is C13H27NO2. The van der Waals surface area contributed by atoms with Crippen molar-refractivity contribution in [3.05, 3.63) is 0 Å². The Morgan fingerprint density at radius 3 is 2.50 bits per heavy atom. The summed E-state index contributed by atoms with van der Waals surface area (Å²) in [4.78, 5) is 0. The summed E-state index contributed by atoms with van der Waals surface area (Å²) in [5.41, 5.74) is 5.72. The van der Waals surface area contributed by atoms with Crippen molar-refractivity contribution < 1.29 is 9.84 Å². The summed E-state index contributed by atoms with van der Waals surface area (Å²) in [5, 5.41) is 10.4. The third-order valence-corrected chi connectivity index (χ3v) is 4.12. The highest BCUT2D eigenvalue weighted by atomic mass is 16.5. The van der Waals surface area contributed by atoms with Crippen molar-refractivity contribution in [3.63, 3.8) is 0 Å². The smallest absolute Gasteiger partial charge is 0.0820 e. The van der Waals surface area contributed by atoms with E-state index in [9.17, 15) is 5.11 Å². The Balaban J connectivity index is 2.58. The van der Waals surface area contributed by atoms with Crippen LogP contribution in [0.15, 0.2) is 0 Å². The first-order valence-corrected chi connectivity index (χ1v) is 6.26. The number of rotatable bonds is 3. The molecule has 0 aromatic rings. The van der Waals surface area contributed by atoms with Crippen molar-refractivity contribution in [1.82, 2.24) is 0 Å². The molecule has 0 aromatic heterocycles. The van der Waals surface area contributed by atoms with Crippen molar-refractivity contribution >= 4 is 0 Å². The third-order valence-electron chi connectivity index (χ3n) is 4.12. The van der Waals surface area contributed by atoms with Crippen molar-refractivity contribution in [2.45, 2.75) is 58.1 Å². The van der Waals surface area contributed by atoms with Gasteiger partial charge < -0.3 is 15.6 Å². The molecule has 1 rings (SSSR count). The van der Waals surface area contributed by atoms with Gasteiger partial charge in [0, 0.05) is 26.2 Å². The topological polar surface area (TPSA) is 55.5 Å². The van der Waals surface area contributed by atoms with Gasteiger partial charge in [-0.25, -0.2) is 0 Å². The molecule has 96 valence electrons. The quantitative estimate of drug-likeness (QED) is 0.777. The molecule has 3 heteroatoms. The van der Waals surface area contributed by atoms with E-state index in [1.54, 1.807) is 7.11 Å². The monoisotopic (exact) mass is 229 g/mol. The maximum atomic E-state index is 10.4. The van der Waals surface area contributed by atoms with Gasteiger partial charge in [0.25, 0.3) is 0 Å². The molecule has 1 aliphatic rings. The maximum Gasteiger partial charge on any atom is 0.0820 e. The SMILES string of the molecule is COCCC1(O)CCC(C(C)(C)C)CC1N. The van der Waals surface area contributed by atoms with Gasteiger partial charge in [-0.05, 0) is 30.6 Å². The fraction of sp³-hybridized carbons (Fsp3) is 1.00. The molecular weight excluding hydrogens is 202 g/mol. The summed E-state index contributed by atoms with van der Waals surface area (Å²) in [7, 11) is 1.66. The molecule has 1 fully saturated rings. The average molecular weight is 229 g/mol. The van der Waals surface area contributed by atoms with E-state index in [2.05, 4.69) is 20.8 Å². The molecule has 1 saturated carbocycles. The molecule has 0 aromatic carbocycles. The first-order valence-electron chi connectivity index (χ1n) is 6.26. The Bertz CT molecular complexity index is 224. The number of ether oxygens (including phenoxy) is 1. The maximum absolute atomic E-state index is 10.4.